The van der Waals surface area contributed by atoms with Gasteiger partial charge in [0.05, 0.1) is 17.7 Å². The molecule has 2 aromatic heterocycles. The van der Waals surface area contributed by atoms with Crippen molar-refractivity contribution in [3.8, 4) is 0 Å². The molecule has 0 saturated heterocycles. The third-order valence-corrected chi connectivity index (χ3v) is 6.45. The highest BCUT2D eigenvalue weighted by atomic mass is 32.2. The number of para-hydroxylation sites is 1. The number of hydrogen-bond donors (Lipinski definition) is 2. The van der Waals surface area contributed by atoms with Gasteiger partial charge in [-0.1, -0.05) is 42.5 Å². The molecule has 9 heteroatoms. The minimum Gasteiger partial charge on any atom is -0.342 e. The van der Waals surface area contributed by atoms with Crippen LogP contribution < -0.4 is 10.2 Å². The highest BCUT2D eigenvalue weighted by Gasteiger charge is 2.32. The van der Waals surface area contributed by atoms with Crippen molar-refractivity contribution in [3.05, 3.63) is 71.9 Å². The second-order valence-electron chi connectivity index (χ2n) is 7.71. The molecule has 0 saturated carbocycles. The molecule has 8 nitrogen and oxygen atoms in total. The number of carbonyl (C=O) groups is 2. The predicted octanol–water partition coefficient (Wildman–Crippen LogP) is 2.85. The van der Waals surface area contributed by atoms with Crippen LogP contribution in [0.2, 0.25) is 0 Å². The summed E-state index contributed by atoms with van der Waals surface area (Å²) in [7, 11) is 1.74. The van der Waals surface area contributed by atoms with Crippen LogP contribution in [0, 0.1) is 0 Å². The summed E-state index contributed by atoms with van der Waals surface area (Å²) in [5.74, 6) is -0.0440. The van der Waals surface area contributed by atoms with Crippen LogP contribution in [-0.4, -0.2) is 50.9 Å². The van der Waals surface area contributed by atoms with Crippen molar-refractivity contribution in [2.24, 2.45) is 0 Å². The summed E-state index contributed by atoms with van der Waals surface area (Å²) >= 11 is 1.66. The molecule has 162 valence electrons. The molecule has 2 aromatic carbocycles. The maximum absolute atomic E-state index is 13.2. The number of amides is 2. The average molecular weight is 447 g/mol. The molecule has 3 heterocycles. The van der Waals surface area contributed by atoms with Gasteiger partial charge in [0.2, 0.25) is 5.82 Å². The molecule has 1 unspecified atom stereocenters. The van der Waals surface area contributed by atoms with Gasteiger partial charge in [-0.25, -0.2) is 4.98 Å². The Kier molecular flexibility index (Phi) is 5.18. The molecule has 2 N–H and O–H groups in total. The molecule has 4 aromatic rings. The summed E-state index contributed by atoms with van der Waals surface area (Å²) in [6.07, 6.45) is 4.61. The van der Waals surface area contributed by atoms with E-state index in [1.807, 2.05) is 59.5 Å². The molecule has 0 spiro atoms. The maximum Gasteiger partial charge on any atom is 0.291 e. The Bertz CT molecular complexity index is 1310. The van der Waals surface area contributed by atoms with Gasteiger partial charge in [-0.05, 0) is 17.9 Å². The number of anilines is 1. The average Bonchev–Trinajstić information content (AvgIpc) is 3.40. The number of nitrogens with zero attached hydrogens (tertiary/aromatic N) is 4. The van der Waals surface area contributed by atoms with E-state index in [0.717, 1.165) is 27.0 Å². The van der Waals surface area contributed by atoms with E-state index in [1.54, 1.807) is 23.7 Å². The number of rotatable bonds is 5. The Labute approximate surface area is 189 Å². The Morgan fingerprint density at radius 2 is 2.03 bits per heavy atom. The summed E-state index contributed by atoms with van der Waals surface area (Å²) in [6.45, 7) is 0.338. The minimum atomic E-state index is -0.735. The molecular weight excluding hydrogens is 424 g/mol. The SMILES string of the molecule is CSc1cn2c3c(cccc13)N(C)C(=O)C(NC(=O)c1n[nH]c(Cc3ccccc3)n1)C2. The number of nitrogens with one attached hydrogen (secondary N) is 2. The molecular formula is C23H22N6O2S. The van der Waals surface area contributed by atoms with Gasteiger partial charge < -0.3 is 14.8 Å². The standard InChI is InChI=1S/C23H22N6O2S/c1-28-17-10-6-9-15-18(32-2)13-29(20(15)17)12-16(23(28)31)24-22(30)21-25-19(26-27-21)11-14-7-4-3-5-8-14/h3-10,13,16H,11-12H2,1-2H3,(H,24,30)(H,25,26,27). The van der Waals surface area contributed by atoms with Crippen LogP contribution in [0.1, 0.15) is 22.0 Å². The lowest BCUT2D eigenvalue weighted by Crippen LogP contribution is -2.48. The van der Waals surface area contributed by atoms with Gasteiger partial charge in [-0.15, -0.1) is 16.9 Å². The number of H-pyrrole nitrogens is 1. The maximum atomic E-state index is 13.2. The molecule has 0 radical (unpaired) electrons. The molecule has 0 bridgehead atoms. The fourth-order valence-electron chi connectivity index (χ4n) is 4.11. The first-order valence-electron chi connectivity index (χ1n) is 10.2. The van der Waals surface area contributed by atoms with E-state index >= 15 is 0 Å². The first-order valence-corrected chi connectivity index (χ1v) is 11.5. The van der Waals surface area contributed by atoms with E-state index in [4.69, 9.17) is 0 Å². The summed E-state index contributed by atoms with van der Waals surface area (Å²) in [6, 6.07) is 15.0. The number of aromatic nitrogens is 4. The van der Waals surface area contributed by atoms with E-state index < -0.39 is 11.9 Å². The minimum absolute atomic E-state index is 0.0237. The van der Waals surface area contributed by atoms with E-state index in [0.29, 0.717) is 18.8 Å². The zero-order valence-electron chi connectivity index (χ0n) is 17.7. The van der Waals surface area contributed by atoms with Crippen LogP contribution in [0.25, 0.3) is 10.9 Å². The van der Waals surface area contributed by atoms with Crippen LogP contribution in [0.3, 0.4) is 0 Å². The number of aromatic amines is 1. The van der Waals surface area contributed by atoms with Crippen molar-refractivity contribution >= 4 is 40.2 Å². The van der Waals surface area contributed by atoms with E-state index in [2.05, 4.69) is 26.6 Å². The zero-order chi connectivity index (χ0) is 22.2. The van der Waals surface area contributed by atoms with Gasteiger partial charge in [0.25, 0.3) is 11.8 Å². The van der Waals surface area contributed by atoms with Gasteiger partial charge in [0, 0.05) is 29.9 Å². The lowest BCUT2D eigenvalue weighted by atomic mass is 10.1. The van der Waals surface area contributed by atoms with Gasteiger partial charge in [0.15, 0.2) is 0 Å². The number of benzene rings is 2. The number of hydrogen-bond acceptors (Lipinski definition) is 5. The number of thioether (sulfide) groups is 1. The van der Waals surface area contributed by atoms with Crippen molar-refractivity contribution < 1.29 is 9.59 Å². The molecule has 32 heavy (non-hydrogen) atoms. The fraction of sp³-hybridized carbons (Fsp3) is 0.217. The lowest BCUT2D eigenvalue weighted by molar-refractivity contribution is -0.120. The van der Waals surface area contributed by atoms with Crippen LogP contribution in [-0.2, 0) is 17.8 Å². The van der Waals surface area contributed by atoms with E-state index in [9.17, 15) is 9.59 Å². The Morgan fingerprint density at radius 1 is 1.22 bits per heavy atom. The van der Waals surface area contributed by atoms with Crippen molar-refractivity contribution in [1.82, 2.24) is 25.1 Å². The highest BCUT2D eigenvalue weighted by Crippen LogP contribution is 2.36. The largest absolute Gasteiger partial charge is 0.342 e. The molecule has 1 aliphatic rings. The highest BCUT2D eigenvalue weighted by molar-refractivity contribution is 7.98. The second-order valence-corrected chi connectivity index (χ2v) is 8.56. The fourth-order valence-corrected chi connectivity index (χ4v) is 4.72. The number of carbonyl (C=O) groups excluding carboxylic acids is 2. The Morgan fingerprint density at radius 3 is 2.81 bits per heavy atom. The predicted molar refractivity (Wildman–Crippen MR) is 124 cm³/mol. The molecule has 2 amide bonds. The topological polar surface area (TPSA) is 95.9 Å². The molecule has 1 aliphatic heterocycles. The van der Waals surface area contributed by atoms with Crippen molar-refractivity contribution in [1.29, 1.82) is 0 Å². The summed E-state index contributed by atoms with van der Waals surface area (Å²) < 4.78 is 2.04. The quantitative estimate of drug-likeness (QED) is 0.460. The van der Waals surface area contributed by atoms with E-state index in [-0.39, 0.29) is 11.7 Å². The third kappa shape index (κ3) is 3.54. The van der Waals surface area contributed by atoms with E-state index in [1.165, 1.54) is 0 Å². The third-order valence-electron chi connectivity index (χ3n) is 5.68. The summed E-state index contributed by atoms with van der Waals surface area (Å²) in [5, 5.41) is 10.8. The molecule has 0 fully saturated rings. The first-order chi connectivity index (χ1) is 15.5. The van der Waals surface area contributed by atoms with Gasteiger partial charge >= 0.3 is 0 Å². The van der Waals surface area contributed by atoms with Crippen LogP contribution >= 0.6 is 11.8 Å². The van der Waals surface area contributed by atoms with Crippen LogP contribution in [0.15, 0.2) is 59.6 Å². The van der Waals surface area contributed by atoms with Gasteiger partial charge in [0.1, 0.15) is 11.9 Å². The molecule has 5 rings (SSSR count). The normalized spacial score (nSPS) is 15.8. The first kappa shape index (κ1) is 20.3. The van der Waals surface area contributed by atoms with Crippen molar-refractivity contribution in [3.63, 3.8) is 0 Å². The lowest BCUT2D eigenvalue weighted by Gasteiger charge is -2.21. The smallest absolute Gasteiger partial charge is 0.291 e. The van der Waals surface area contributed by atoms with Crippen LogP contribution in [0.4, 0.5) is 5.69 Å². The van der Waals surface area contributed by atoms with Gasteiger partial charge in [-0.3, -0.25) is 14.7 Å². The summed E-state index contributed by atoms with van der Waals surface area (Å²) in [4.78, 5) is 33.1. The molecule has 1 atom stereocenters. The second kappa shape index (κ2) is 8.16. The Hall–Kier alpha value is -3.59. The van der Waals surface area contributed by atoms with Crippen molar-refractivity contribution in [2.75, 3.05) is 18.2 Å². The molecule has 0 aliphatic carbocycles. The van der Waals surface area contributed by atoms with Crippen molar-refractivity contribution in [2.45, 2.75) is 23.9 Å². The Balaban J connectivity index is 1.38. The number of likely N-dealkylation sites (N-methyl/N-ethyl adjacent to an activating group) is 1. The van der Waals surface area contributed by atoms with Crippen LogP contribution in [0.5, 0.6) is 0 Å². The summed E-state index contributed by atoms with van der Waals surface area (Å²) in [5.41, 5.74) is 2.88. The monoisotopic (exact) mass is 446 g/mol. The van der Waals surface area contributed by atoms with Gasteiger partial charge in [-0.2, -0.15) is 0 Å². The zero-order valence-corrected chi connectivity index (χ0v) is 18.5.